The van der Waals surface area contributed by atoms with Gasteiger partial charge in [-0.2, -0.15) is 0 Å². The van der Waals surface area contributed by atoms with Crippen LogP contribution in [0.2, 0.25) is 0 Å². The molecule has 0 radical (unpaired) electrons. The Morgan fingerprint density at radius 2 is 1.70 bits per heavy atom. The highest BCUT2D eigenvalue weighted by Gasteiger charge is 2.23. The molecule has 27 heavy (non-hydrogen) atoms. The number of aromatic nitrogens is 2. The normalized spacial score (nSPS) is 14.1. The average molecular weight is 367 g/mol. The minimum Gasteiger partial charge on any atom is -0.339 e. The molecule has 1 aromatic carbocycles. The molecule has 0 atom stereocenters. The fourth-order valence-electron chi connectivity index (χ4n) is 3.29. The second-order valence-electron chi connectivity index (χ2n) is 6.62. The quantitative estimate of drug-likeness (QED) is 0.807. The summed E-state index contributed by atoms with van der Waals surface area (Å²) in [5.41, 5.74) is 1.89. The summed E-state index contributed by atoms with van der Waals surface area (Å²) in [6.07, 6.45) is 3.76. The van der Waals surface area contributed by atoms with E-state index in [-0.39, 0.29) is 11.8 Å². The lowest BCUT2D eigenvalue weighted by Crippen LogP contribution is -2.49. The molecule has 0 unspecified atom stereocenters. The van der Waals surface area contributed by atoms with Crippen LogP contribution in [0, 0.1) is 6.92 Å². The second-order valence-corrected chi connectivity index (χ2v) is 6.62. The van der Waals surface area contributed by atoms with Gasteiger partial charge in [-0.15, -0.1) is 0 Å². The minimum atomic E-state index is -0.0526. The Kier molecular flexibility index (Phi) is 6.01. The van der Waals surface area contributed by atoms with Gasteiger partial charge in [0.25, 0.3) is 0 Å². The Balaban J connectivity index is 1.55. The molecule has 1 fully saturated rings. The number of benzene rings is 1. The number of hydrogen-bond donors (Lipinski definition) is 0. The summed E-state index contributed by atoms with van der Waals surface area (Å²) in [4.78, 5) is 38.8. The summed E-state index contributed by atoms with van der Waals surface area (Å²) in [5, 5.41) is 0. The van der Waals surface area contributed by atoms with Gasteiger partial charge < -0.3 is 14.7 Å². The van der Waals surface area contributed by atoms with Crippen LogP contribution in [0.5, 0.6) is 0 Å². The van der Waals surface area contributed by atoms with Crippen molar-refractivity contribution in [2.45, 2.75) is 20.3 Å². The van der Waals surface area contributed by atoms with Crippen molar-refractivity contribution in [3.05, 3.63) is 48.3 Å². The molecule has 1 saturated heterocycles. The largest absolute Gasteiger partial charge is 0.339 e. The monoisotopic (exact) mass is 367 g/mol. The third kappa shape index (κ3) is 4.61. The lowest BCUT2D eigenvalue weighted by atomic mass is 10.1. The molecule has 0 aliphatic carbocycles. The van der Waals surface area contributed by atoms with Crippen LogP contribution in [-0.4, -0.2) is 59.4 Å². The van der Waals surface area contributed by atoms with Gasteiger partial charge in [0.1, 0.15) is 0 Å². The maximum atomic E-state index is 12.6. The number of carbonyl (C=O) groups excluding carboxylic acids is 2. The molecule has 2 aromatic rings. The van der Waals surface area contributed by atoms with Crippen molar-refractivity contribution in [1.82, 2.24) is 14.9 Å². The van der Waals surface area contributed by atoms with E-state index < -0.39 is 0 Å². The first-order valence-corrected chi connectivity index (χ1v) is 9.19. The van der Waals surface area contributed by atoms with Gasteiger partial charge in [0.2, 0.25) is 17.8 Å². The van der Waals surface area contributed by atoms with Crippen LogP contribution in [0.4, 0.5) is 11.6 Å². The molecular weight excluding hydrogens is 342 g/mol. The van der Waals surface area contributed by atoms with Crippen molar-refractivity contribution < 1.29 is 9.59 Å². The number of aryl methyl sites for hydroxylation is 1. The van der Waals surface area contributed by atoms with Crippen LogP contribution in [0.1, 0.15) is 18.9 Å². The first kappa shape index (κ1) is 18.8. The lowest BCUT2D eigenvalue weighted by molar-refractivity contribution is -0.131. The van der Waals surface area contributed by atoms with Crippen LogP contribution >= 0.6 is 0 Å². The van der Waals surface area contributed by atoms with Gasteiger partial charge in [-0.3, -0.25) is 9.59 Å². The summed E-state index contributed by atoms with van der Waals surface area (Å²) in [5.74, 6) is 0.721. The topological polar surface area (TPSA) is 69.6 Å². The molecule has 2 heterocycles. The molecule has 1 aliphatic heterocycles. The van der Waals surface area contributed by atoms with Crippen LogP contribution in [0.15, 0.2) is 42.7 Å². The zero-order valence-corrected chi connectivity index (χ0v) is 15.8. The minimum absolute atomic E-state index is 0.0526. The number of carbonyl (C=O) groups is 2. The van der Waals surface area contributed by atoms with Crippen LogP contribution in [-0.2, 0) is 9.59 Å². The van der Waals surface area contributed by atoms with Crippen LogP contribution in [0.3, 0.4) is 0 Å². The van der Waals surface area contributed by atoms with Gasteiger partial charge in [0.05, 0.1) is 0 Å². The summed E-state index contributed by atoms with van der Waals surface area (Å²) in [6, 6.07) is 9.53. The highest BCUT2D eigenvalue weighted by atomic mass is 16.2. The second kappa shape index (κ2) is 8.62. The number of amides is 2. The fraction of sp³-hybridized carbons (Fsp3) is 0.400. The summed E-state index contributed by atoms with van der Waals surface area (Å²) in [7, 11) is 0. The number of nitrogens with zero attached hydrogens (tertiary/aromatic N) is 5. The maximum absolute atomic E-state index is 12.6. The zero-order chi connectivity index (χ0) is 19.2. The highest BCUT2D eigenvalue weighted by molar-refractivity contribution is 5.93. The fourth-order valence-corrected chi connectivity index (χ4v) is 3.29. The number of para-hydroxylation sites is 1. The van der Waals surface area contributed by atoms with E-state index >= 15 is 0 Å². The van der Waals surface area contributed by atoms with Crippen molar-refractivity contribution in [3.8, 4) is 0 Å². The first-order valence-electron chi connectivity index (χ1n) is 9.19. The molecule has 1 aromatic heterocycles. The average Bonchev–Trinajstić information content (AvgIpc) is 2.70. The Bertz CT molecular complexity index is 788. The number of hydrogen-bond acceptors (Lipinski definition) is 5. The molecule has 0 spiro atoms. The summed E-state index contributed by atoms with van der Waals surface area (Å²) < 4.78 is 0. The van der Waals surface area contributed by atoms with Crippen LogP contribution < -0.4 is 9.80 Å². The SMILES string of the molecule is CC(=O)N(CCC(=O)N1CCN(c2ncccn2)CC1)c1ccccc1C. The van der Waals surface area contributed by atoms with Gasteiger partial charge in [-0.05, 0) is 24.6 Å². The van der Waals surface area contributed by atoms with E-state index in [1.807, 2.05) is 36.1 Å². The van der Waals surface area contributed by atoms with Crippen LogP contribution in [0.25, 0.3) is 0 Å². The predicted molar refractivity (Wildman–Crippen MR) is 105 cm³/mol. The molecule has 1 aliphatic rings. The van der Waals surface area contributed by atoms with E-state index in [0.29, 0.717) is 45.1 Å². The molecule has 0 N–H and O–H groups in total. The van der Waals surface area contributed by atoms with Crippen molar-refractivity contribution in [3.63, 3.8) is 0 Å². The van der Waals surface area contributed by atoms with E-state index in [1.54, 1.807) is 23.4 Å². The number of piperazine rings is 1. The number of anilines is 2. The molecule has 0 bridgehead atoms. The molecule has 142 valence electrons. The zero-order valence-electron chi connectivity index (χ0n) is 15.8. The van der Waals surface area contributed by atoms with E-state index in [1.165, 1.54) is 6.92 Å². The molecule has 0 saturated carbocycles. The third-order valence-electron chi connectivity index (χ3n) is 4.80. The van der Waals surface area contributed by atoms with Gasteiger partial charge >= 0.3 is 0 Å². The van der Waals surface area contributed by atoms with Gasteiger partial charge in [0, 0.05) is 64.1 Å². The molecule has 7 heteroatoms. The Hall–Kier alpha value is -2.96. The van der Waals surface area contributed by atoms with E-state index in [9.17, 15) is 9.59 Å². The molecular formula is C20H25N5O2. The first-order chi connectivity index (χ1) is 13.1. The van der Waals surface area contributed by atoms with Crippen molar-refractivity contribution in [2.75, 3.05) is 42.5 Å². The van der Waals surface area contributed by atoms with Crippen molar-refractivity contribution in [2.24, 2.45) is 0 Å². The Labute approximate surface area is 159 Å². The van der Waals surface area contributed by atoms with E-state index in [0.717, 1.165) is 11.3 Å². The number of rotatable bonds is 5. The molecule has 3 rings (SSSR count). The van der Waals surface area contributed by atoms with Gasteiger partial charge in [-0.25, -0.2) is 9.97 Å². The maximum Gasteiger partial charge on any atom is 0.225 e. The smallest absolute Gasteiger partial charge is 0.225 e. The van der Waals surface area contributed by atoms with Gasteiger partial charge in [0.15, 0.2) is 0 Å². The molecule has 7 nitrogen and oxygen atoms in total. The van der Waals surface area contributed by atoms with Crippen molar-refractivity contribution >= 4 is 23.5 Å². The van der Waals surface area contributed by atoms with Crippen molar-refractivity contribution in [1.29, 1.82) is 0 Å². The summed E-state index contributed by atoms with van der Waals surface area (Å²) >= 11 is 0. The standard InChI is InChI=1S/C20H25N5O2/c1-16-6-3-4-7-18(16)25(17(2)26)11-8-19(27)23-12-14-24(15-13-23)20-21-9-5-10-22-20/h3-7,9-10H,8,11-15H2,1-2H3. The summed E-state index contributed by atoms with van der Waals surface area (Å²) in [6.45, 7) is 6.60. The third-order valence-corrected chi connectivity index (χ3v) is 4.80. The van der Waals surface area contributed by atoms with Gasteiger partial charge in [-0.1, -0.05) is 18.2 Å². The Morgan fingerprint density at radius 3 is 2.33 bits per heavy atom. The van der Waals surface area contributed by atoms with E-state index in [4.69, 9.17) is 0 Å². The highest BCUT2D eigenvalue weighted by Crippen LogP contribution is 2.20. The lowest BCUT2D eigenvalue weighted by Gasteiger charge is -2.35. The Morgan fingerprint density at radius 1 is 1.04 bits per heavy atom. The predicted octanol–water partition coefficient (Wildman–Crippen LogP) is 1.88. The molecule has 2 amide bonds. The van der Waals surface area contributed by atoms with E-state index in [2.05, 4.69) is 14.9 Å².